The van der Waals surface area contributed by atoms with Crippen molar-refractivity contribution in [1.82, 2.24) is 26.2 Å². The van der Waals surface area contributed by atoms with Gasteiger partial charge in [-0.2, -0.15) is 0 Å². The van der Waals surface area contributed by atoms with Crippen molar-refractivity contribution in [2.45, 2.75) is 97.3 Å². The maximum atomic E-state index is 14.3. The molecule has 6 atom stereocenters. The van der Waals surface area contributed by atoms with Crippen molar-refractivity contribution in [3.63, 3.8) is 0 Å². The topological polar surface area (TPSA) is 137 Å². The Morgan fingerprint density at radius 2 is 1.60 bits per heavy atom. The summed E-state index contributed by atoms with van der Waals surface area (Å²) in [6, 6.07) is -2.41. The summed E-state index contributed by atoms with van der Waals surface area (Å²) in [7, 11) is 1.54. The van der Waals surface area contributed by atoms with Gasteiger partial charge >= 0.3 is 0 Å². The molecule has 4 rings (SSSR count). The van der Waals surface area contributed by atoms with E-state index in [1.165, 1.54) is 0 Å². The Morgan fingerprint density at radius 1 is 0.975 bits per heavy atom. The lowest BCUT2D eigenvalue weighted by Gasteiger charge is -2.33. The second-order valence-corrected chi connectivity index (χ2v) is 13.7. The van der Waals surface area contributed by atoms with Crippen LogP contribution in [-0.4, -0.2) is 72.2 Å². The molecule has 1 heterocycles. The highest BCUT2D eigenvalue weighted by atomic mass is 16.2. The number of carbonyl (C=O) groups is 5. The molecule has 0 aromatic rings. The van der Waals surface area contributed by atoms with Crippen molar-refractivity contribution < 1.29 is 24.0 Å². The van der Waals surface area contributed by atoms with E-state index >= 15 is 0 Å². The molecule has 4 N–H and O–H groups in total. The first-order valence-corrected chi connectivity index (χ1v) is 14.7. The van der Waals surface area contributed by atoms with Crippen molar-refractivity contribution in [2.75, 3.05) is 13.6 Å². The minimum absolute atomic E-state index is 0.0271. The standard InChI is InChI=1S/C30H47N5O5/c1-9-19-13-30(19,26(40)31-8)34-23(37)20-14-29(27(6,7)28(29)11-10-12-28)15-35(20)25(39)22(18(4)5)33-24(38)21(17(2)3)32-16-36/h9,16-22H,1,10-15H2,2-8H3,(H,31,40)(H,32,36)(H,33,38)(H,34,37)/t19-,20+,21?,22+,29?,30-/m1/s1. The van der Waals surface area contributed by atoms with Gasteiger partial charge in [-0.05, 0) is 48.3 Å². The summed E-state index contributed by atoms with van der Waals surface area (Å²) in [5.41, 5.74) is -1.17. The number of nitrogens with zero attached hydrogens (tertiary/aromatic N) is 1. The molecule has 40 heavy (non-hydrogen) atoms. The lowest BCUT2D eigenvalue weighted by Crippen LogP contribution is -2.60. The Morgan fingerprint density at radius 3 is 2.02 bits per heavy atom. The van der Waals surface area contributed by atoms with E-state index < -0.39 is 29.6 Å². The van der Waals surface area contributed by atoms with E-state index in [9.17, 15) is 24.0 Å². The van der Waals surface area contributed by atoms with Crippen molar-refractivity contribution >= 4 is 30.0 Å². The molecule has 1 saturated heterocycles. The van der Waals surface area contributed by atoms with E-state index in [0.717, 1.165) is 19.3 Å². The minimum Gasteiger partial charge on any atom is -0.357 e. The van der Waals surface area contributed by atoms with Gasteiger partial charge in [0, 0.05) is 24.9 Å². The van der Waals surface area contributed by atoms with Gasteiger partial charge in [0.25, 0.3) is 0 Å². The molecule has 2 spiro atoms. The van der Waals surface area contributed by atoms with Crippen molar-refractivity contribution in [2.24, 2.45) is 34.0 Å². The molecule has 4 fully saturated rings. The number of likely N-dealkylation sites (tertiary alicyclic amines) is 1. The van der Waals surface area contributed by atoms with Crippen molar-refractivity contribution in [3.05, 3.63) is 12.7 Å². The normalized spacial score (nSPS) is 32.2. The third kappa shape index (κ3) is 4.15. The van der Waals surface area contributed by atoms with Crippen LogP contribution in [0, 0.1) is 34.0 Å². The largest absolute Gasteiger partial charge is 0.357 e. The fourth-order valence-electron chi connectivity index (χ4n) is 8.20. The molecule has 10 nitrogen and oxygen atoms in total. The molecule has 222 valence electrons. The smallest absolute Gasteiger partial charge is 0.246 e. The van der Waals surface area contributed by atoms with E-state index in [0.29, 0.717) is 25.8 Å². The highest BCUT2D eigenvalue weighted by molar-refractivity contribution is 5.99. The average Bonchev–Trinajstić information content (AvgIpc) is 3.59. The number of hydrogen-bond acceptors (Lipinski definition) is 5. The Balaban J connectivity index is 1.64. The minimum atomic E-state index is -1.05. The molecule has 10 heteroatoms. The molecule has 1 aliphatic heterocycles. The van der Waals surface area contributed by atoms with E-state index in [1.807, 2.05) is 27.7 Å². The fraction of sp³-hybridized carbons (Fsp3) is 0.767. The van der Waals surface area contributed by atoms with Crippen LogP contribution in [0.3, 0.4) is 0 Å². The number of rotatable bonds is 11. The van der Waals surface area contributed by atoms with Crippen LogP contribution in [0.1, 0.15) is 73.6 Å². The summed E-state index contributed by atoms with van der Waals surface area (Å²) in [5.74, 6) is -1.96. The third-order valence-corrected chi connectivity index (χ3v) is 11.1. The number of fused-ring (bicyclic) bond motifs is 1. The van der Waals surface area contributed by atoms with Gasteiger partial charge in [-0.3, -0.25) is 24.0 Å². The summed E-state index contributed by atoms with van der Waals surface area (Å²) >= 11 is 0. The highest BCUT2D eigenvalue weighted by Crippen LogP contribution is 2.88. The summed E-state index contributed by atoms with van der Waals surface area (Å²) in [6.07, 6.45) is 6.47. The lowest BCUT2D eigenvalue weighted by molar-refractivity contribution is -0.143. The van der Waals surface area contributed by atoms with Crippen LogP contribution in [0.15, 0.2) is 12.7 Å². The van der Waals surface area contributed by atoms with E-state index in [-0.39, 0.29) is 51.7 Å². The SMILES string of the molecule is C=C[C@@H]1C[C@]1(NC(=O)[C@@H]1CC2(CN1C(=O)[C@@H](NC(=O)C(NC=O)C(C)C)C(C)C)C(C)(C)C21CCC1)C(=O)NC. The zero-order valence-electron chi connectivity index (χ0n) is 25.1. The van der Waals surface area contributed by atoms with Gasteiger partial charge in [0.1, 0.15) is 23.7 Å². The zero-order chi connectivity index (χ0) is 29.8. The van der Waals surface area contributed by atoms with Crippen molar-refractivity contribution in [3.8, 4) is 0 Å². The van der Waals surface area contributed by atoms with Gasteiger partial charge in [-0.1, -0.05) is 54.0 Å². The van der Waals surface area contributed by atoms with Gasteiger partial charge in [-0.15, -0.1) is 6.58 Å². The molecule has 0 bridgehead atoms. The van der Waals surface area contributed by atoms with Crippen LogP contribution < -0.4 is 21.3 Å². The van der Waals surface area contributed by atoms with E-state index in [4.69, 9.17) is 0 Å². The van der Waals surface area contributed by atoms with Crippen LogP contribution in [-0.2, 0) is 24.0 Å². The predicted octanol–water partition coefficient (Wildman–Crippen LogP) is 1.50. The molecule has 5 amide bonds. The Hall–Kier alpha value is -2.91. The predicted molar refractivity (Wildman–Crippen MR) is 150 cm³/mol. The molecular weight excluding hydrogens is 510 g/mol. The van der Waals surface area contributed by atoms with E-state index in [1.54, 1.807) is 18.0 Å². The monoisotopic (exact) mass is 557 g/mol. The lowest BCUT2D eigenvalue weighted by atomic mass is 9.73. The average molecular weight is 558 g/mol. The first-order valence-electron chi connectivity index (χ1n) is 14.7. The van der Waals surface area contributed by atoms with Crippen molar-refractivity contribution in [1.29, 1.82) is 0 Å². The van der Waals surface area contributed by atoms with E-state index in [2.05, 4.69) is 41.7 Å². The van der Waals surface area contributed by atoms with Gasteiger partial charge in [-0.25, -0.2) is 0 Å². The van der Waals surface area contributed by atoms with Crippen LogP contribution in [0.4, 0.5) is 0 Å². The zero-order valence-corrected chi connectivity index (χ0v) is 25.1. The van der Waals surface area contributed by atoms with Gasteiger partial charge in [0.05, 0.1) is 0 Å². The maximum absolute atomic E-state index is 14.3. The van der Waals surface area contributed by atoms with Crippen LogP contribution >= 0.6 is 0 Å². The molecule has 3 saturated carbocycles. The summed E-state index contributed by atoms with van der Waals surface area (Å²) in [4.78, 5) is 67.0. The number of likely N-dealkylation sites (N-methyl/N-ethyl adjacent to an activating group) is 1. The molecule has 4 aliphatic rings. The first-order chi connectivity index (χ1) is 18.7. The molecule has 0 aromatic heterocycles. The summed E-state index contributed by atoms with van der Waals surface area (Å²) < 4.78 is 0. The van der Waals surface area contributed by atoms with Gasteiger partial charge in [0.2, 0.25) is 30.0 Å². The summed E-state index contributed by atoms with van der Waals surface area (Å²) in [6.45, 7) is 16.1. The highest BCUT2D eigenvalue weighted by Gasteiger charge is 2.85. The number of carbonyl (C=O) groups excluding carboxylic acids is 5. The molecular formula is C30H47N5O5. The van der Waals surface area contributed by atoms with Gasteiger partial charge in [0.15, 0.2) is 0 Å². The first kappa shape index (κ1) is 30.1. The number of nitrogens with one attached hydrogen (secondary N) is 4. The molecule has 3 aliphatic carbocycles. The molecule has 0 aromatic carbocycles. The number of hydrogen-bond donors (Lipinski definition) is 4. The quantitative estimate of drug-likeness (QED) is 0.225. The maximum Gasteiger partial charge on any atom is 0.246 e. The van der Waals surface area contributed by atoms with Crippen LogP contribution in [0.2, 0.25) is 0 Å². The molecule has 0 radical (unpaired) electrons. The van der Waals surface area contributed by atoms with Gasteiger partial charge < -0.3 is 26.2 Å². The Labute approximate surface area is 237 Å². The molecule has 2 unspecified atom stereocenters. The Bertz CT molecular complexity index is 1100. The number of amides is 5. The van der Waals surface area contributed by atoms with Crippen LogP contribution in [0.25, 0.3) is 0 Å². The van der Waals surface area contributed by atoms with Crippen LogP contribution in [0.5, 0.6) is 0 Å². The fourth-order valence-corrected chi connectivity index (χ4v) is 8.20. The summed E-state index contributed by atoms with van der Waals surface area (Å²) in [5, 5.41) is 11.1. The third-order valence-electron chi connectivity index (χ3n) is 11.1. The second kappa shape index (κ2) is 10.2. The second-order valence-electron chi connectivity index (χ2n) is 13.7. The Kier molecular flexibility index (Phi) is 7.65.